The van der Waals surface area contributed by atoms with Crippen LogP contribution in [0.5, 0.6) is 0 Å². The zero-order chi connectivity index (χ0) is 18.2. The van der Waals surface area contributed by atoms with Gasteiger partial charge in [0, 0.05) is 51.5 Å². The topological polar surface area (TPSA) is 74.2 Å². The summed E-state index contributed by atoms with van der Waals surface area (Å²) in [6, 6.07) is 3.99. The molecule has 1 fully saturated rings. The molecule has 1 aliphatic heterocycles. The summed E-state index contributed by atoms with van der Waals surface area (Å²) in [5.41, 5.74) is 1.25. The van der Waals surface area contributed by atoms with Crippen molar-refractivity contribution in [3.63, 3.8) is 0 Å². The van der Waals surface area contributed by atoms with E-state index in [-0.39, 0.29) is 6.03 Å². The lowest BCUT2D eigenvalue weighted by atomic mass is 10.2. The van der Waals surface area contributed by atoms with Crippen molar-refractivity contribution >= 4 is 22.5 Å². The molecule has 1 N–H and O–H groups in total. The highest BCUT2D eigenvalue weighted by Crippen LogP contribution is 2.18. The van der Waals surface area contributed by atoms with E-state index in [0.717, 1.165) is 50.6 Å². The number of nitrogens with one attached hydrogen (secondary N) is 1. The molecule has 0 aromatic carbocycles. The van der Waals surface area contributed by atoms with E-state index >= 15 is 0 Å². The molecule has 26 heavy (non-hydrogen) atoms. The number of piperazine rings is 1. The van der Waals surface area contributed by atoms with Crippen molar-refractivity contribution in [1.82, 2.24) is 25.0 Å². The molecular formula is C18H26N6OS. The molecule has 3 rings (SSSR count). The predicted molar refractivity (Wildman–Crippen MR) is 103 cm³/mol. The summed E-state index contributed by atoms with van der Waals surface area (Å²) >= 11 is 1.48. The fourth-order valence-electron chi connectivity index (χ4n) is 2.96. The molecule has 0 radical (unpaired) electrons. The zero-order valence-electron chi connectivity index (χ0n) is 15.2. The van der Waals surface area contributed by atoms with Crippen LogP contribution < -0.4 is 5.32 Å². The van der Waals surface area contributed by atoms with Crippen molar-refractivity contribution < 1.29 is 4.79 Å². The fraction of sp³-hybridized carbons (Fsp3) is 0.556. The maximum Gasteiger partial charge on any atom is 0.323 e. The standard InChI is InChI=1S/C18H26N6OS/c1-2-3-4-5-16-21-22-17(26-16)20-18(25)24-12-10-23(11-13-24)14-15-6-8-19-9-7-15/h6-9H,2-5,10-14H2,1H3,(H,20,22,25). The van der Waals surface area contributed by atoms with Crippen molar-refractivity contribution in [3.8, 4) is 0 Å². The van der Waals surface area contributed by atoms with Crippen molar-refractivity contribution in [2.24, 2.45) is 0 Å². The second kappa shape index (κ2) is 9.59. The minimum Gasteiger partial charge on any atom is -0.322 e. The summed E-state index contributed by atoms with van der Waals surface area (Å²) < 4.78 is 0. The number of aryl methyl sites for hydroxylation is 1. The number of rotatable bonds is 7. The third-order valence-electron chi connectivity index (χ3n) is 4.49. The van der Waals surface area contributed by atoms with Crippen LogP contribution in [0.2, 0.25) is 0 Å². The van der Waals surface area contributed by atoms with Crippen LogP contribution in [0.3, 0.4) is 0 Å². The lowest BCUT2D eigenvalue weighted by Crippen LogP contribution is -2.49. The number of amides is 2. The van der Waals surface area contributed by atoms with Gasteiger partial charge in [-0.3, -0.25) is 15.2 Å². The minimum atomic E-state index is -0.0789. The highest BCUT2D eigenvalue weighted by Gasteiger charge is 2.22. The van der Waals surface area contributed by atoms with Gasteiger partial charge in [0.25, 0.3) is 0 Å². The van der Waals surface area contributed by atoms with Crippen LogP contribution in [0.25, 0.3) is 0 Å². The average molecular weight is 375 g/mol. The molecule has 2 amide bonds. The molecule has 0 saturated carbocycles. The number of hydrogen-bond donors (Lipinski definition) is 1. The summed E-state index contributed by atoms with van der Waals surface area (Å²) in [5, 5.41) is 12.7. The molecule has 0 bridgehead atoms. The molecule has 0 unspecified atom stereocenters. The van der Waals surface area contributed by atoms with Crippen LogP contribution >= 0.6 is 11.3 Å². The van der Waals surface area contributed by atoms with Gasteiger partial charge in [-0.15, -0.1) is 10.2 Å². The van der Waals surface area contributed by atoms with Gasteiger partial charge in [0.1, 0.15) is 5.01 Å². The van der Waals surface area contributed by atoms with Crippen molar-refractivity contribution in [1.29, 1.82) is 0 Å². The number of urea groups is 1. The lowest BCUT2D eigenvalue weighted by molar-refractivity contribution is 0.143. The molecular weight excluding hydrogens is 348 g/mol. The Morgan fingerprint density at radius 3 is 2.65 bits per heavy atom. The Kier molecular flexibility index (Phi) is 6.90. The van der Waals surface area contributed by atoms with Crippen LogP contribution in [-0.4, -0.2) is 57.2 Å². The number of anilines is 1. The molecule has 0 spiro atoms. The minimum absolute atomic E-state index is 0.0789. The van der Waals surface area contributed by atoms with E-state index in [9.17, 15) is 4.79 Å². The normalized spacial score (nSPS) is 15.2. The molecule has 1 saturated heterocycles. The van der Waals surface area contributed by atoms with Gasteiger partial charge < -0.3 is 4.90 Å². The molecule has 1 aliphatic rings. The largest absolute Gasteiger partial charge is 0.323 e. The Hall–Kier alpha value is -2.06. The first-order valence-corrected chi connectivity index (χ1v) is 10.1. The SMILES string of the molecule is CCCCCc1nnc(NC(=O)N2CCN(Cc3ccncc3)CC2)s1. The number of pyridine rings is 1. The monoisotopic (exact) mass is 374 g/mol. The van der Waals surface area contributed by atoms with E-state index in [1.54, 1.807) is 0 Å². The maximum absolute atomic E-state index is 12.4. The van der Waals surface area contributed by atoms with Gasteiger partial charge in [-0.1, -0.05) is 31.1 Å². The van der Waals surface area contributed by atoms with E-state index in [2.05, 4.69) is 32.3 Å². The van der Waals surface area contributed by atoms with Gasteiger partial charge in [0.2, 0.25) is 5.13 Å². The van der Waals surface area contributed by atoms with Crippen LogP contribution in [0, 0.1) is 0 Å². The van der Waals surface area contributed by atoms with Gasteiger partial charge >= 0.3 is 6.03 Å². The Morgan fingerprint density at radius 1 is 1.15 bits per heavy atom. The number of hydrogen-bond acceptors (Lipinski definition) is 6. The van der Waals surface area contributed by atoms with Crippen LogP contribution in [0.1, 0.15) is 36.8 Å². The smallest absolute Gasteiger partial charge is 0.322 e. The second-order valence-corrected chi connectivity index (χ2v) is 7.57. The van der Waals surface area contributed by atoms with Crippen LogP contribution in [-0.2, 0) is 13.0 Å². The van der Waals surface area contributed by atoms with Gasteiger partial charge in [-0.05, 0) is 24.1 Å². The fourth-order valence-corrected chi connectivity index (χ4v) is 3.73. The number of nitrogens with zero attached hydrogens (tertiary/aromatic N) is 5. The average Bonchev–Trinajstić information content (AvgIpc) is 3.10. The van der Waals surface area contributed by atoms with Crippen LogP contribution in [0.4, 0.5) is 9.93 Å². The second-order valence-electron chi connectivity index (χ2n) is 6.51. The van der Waals surface area contributed by atoms with Gasteiger partial charge in [0.15, 0.2) is 0 Å². The quantitative estimate of drug-likeness (QED) is 0.754. The number of aromatic nitrogens is 3. The highest BCUT2D eigenvalue weighted by atomic mass is 32.1. The Morgan fingerprint density at radius 2 is 1.92 bits per heavy atom. The van der Waals surface area contributed by atoms with E-state index < -0.39 is 0 Å². The first kappa shape index (κ1) is 18.7. The Labute approximate surface area is 158 Å². The molecule has 2 aromatic heterocycles. The first-order valence-electron chi connectivity index (χ1n) is 9.24. The Bertz CT molecular complexity index is 684. The van der Waals surface area contributed by atoms with E-state index in [1.165, 1.54) is 29.7 Å². The number of carbonyl (C=O) groups is 1. The number of unbranched alkanes of at least 4 members (excludes halogenated alkanes) is 2. The molecule has 0 aliphatic carbocycles. The van der Waals surface area contributed by atoms with Gasteiger partial charge in [-0.2, -0.15) is 0 Å². The molecule has 140 valence electrons. The predicted octanol–water partition coefficient (Wildman–Crippen LogP) is 3.02. The summed E-state index contributed by atoms with van der Waals surface area (Å²) in [7, 11) is 0. The molecule has 7 nitrogen and oxygen atoms in total. The summed E-state index contributed by atoms with van der Waals surface area (Å²) in [6.45, 7) is 6.26. The highest BCUT2D eigenvalue weighted by molar-refractivity contribution is 7.15. The molecule has 3 heterocycles. The molecule has 8 heteroatoms. The van der Waals surface area contributed by atoms with E-state index in [4.69, 9.17) is 0 Å². The summed E-state index contributed by atoms with van der Waals surface area (Å²) in [4.78, 5) is 20.7. The lowest BCUT2D eigenvalue weighted by Gasteiger charge is -2.34. The maximum atomic E-state index is 12.4. The van der Waals surface area contributed by atoms with Crippen molar-refractivity contribution in [2.75, 3.05) is 31.5 Å². The molecule has 0 atom stereocenters. The van der Waals surface area contributed by atoms with Gasteiger partial charge in [-0.25, -0.2) is 4.79 Å². The van der Waals surface area contributed by atoms with Gasteiger partial charge in [0.05, 0.1) is 0 Å². The van der Waals surface area contributed by atoms with Crippen molar-refractivity contribution in [3.05, 3.63) is 35.1 Å². The third-order valence-corrected chi connectivity index (χ3v) is 5.39. The van der Waals surface area contributed by atoms with E-state index in [1.807, 2.05) is 29.4 Å². The summed E-state index contributed by atoms with van der Waals surface area (Å²) in [5.74, 6) is 0. The zero-order valence-corrected chi connectivity index (χ0v) is 16.0. The molecule has 2 aromatic rings. The van der Waals surface area contributed by atoms with E-state index in [0.29, 0.717) is 5.13 Å². The summed E-state index contributed by atoms with van der Waals surface area (Å²) in [6.07, 6.45) is 8.09. The van der Waals surface area contributed by atoms with Crippen LogP contribution in [0.15, 0.2) is 24.5 Å². The van der Waals surface area contributed by atoms with Crippen molar-refractivity contribution in [2.45, 2.75) is 39.2 Å². The first-order chi connectivity index (χ1) is 12.7. The Balaban J connectivity index is 1.42. The third kappa shape index (κ3) is 5.47. The number of carbonyl (C=O) groups excluding carboxylic acids is 1.